The van der Waals surface area contributed by atoms with Crippen molar-refractivity contribution in [3.63, 3.8) is 0 Å². The number of esters is 1. The van der Waals surface area contributed by atoms with Gasteiger partial charge in [0, 0.05) is 9.79 Å². The Bertz CT molecular complexity index is 862. The summed E-state index contributed by atoms with van der Waals surface area (Å²) in [7, 11) is 0. The fourth-order valence-corrected chi connectivity index (χ4v) is 3.06. The standard InChI is InChI=1S/C19H16F3NO3S/c1-3-25-18(24)12(2)26-15-5-4-6-16(10-15)27-17-8-7-14(19(20,21)22)9-13(17)11-23/h4-10,12H,3H2,1-2H3. The fraction of sp³-hybridized carbons (Fsp3) is 0.263. The van der Waals surface area contributed by atoms with Crippen LogP contribution in [-0.2, 0) is 15.7 Å². The number of alkyl halides is 3. The van der Waals surface area contributed by atoms with E-state index in [1.807, 2.05) is 0 Å². The van der Waals surface area contributed by atoms with Crippen molar-refractivity contribution < 1.29 is 27.4 Å². The van der Waals surface area contributed by atoms with Crippen LogP contribution in [0.15, 0.2) is 52.3 Å². The van der Waals surface area contributed by atoms with Gasteiger partial charge in [-0.25, -0.2) is 4.79 Å². The zero-order valence-corrected chi connectivity index (χ0v) is 15.4. The zero-order valence-electron chi connectivity index (χ0n) is 14.5. The Morgan fingerprint density at radius 3 is 2.63 bits per heavy atom. The molecule has 0 saturated heterocycles. The lowest BCUT2D eigenvalue weighted by Crippen LogP contribution is -2.26. The normalized spacial score (nSPS) is 12.1. The maximum absolute atomic E-state index is 12.8. The molecule has 2 aromatic rings. The fourth-order valence-electron chi connectivity index (χ4n) is 2.13. The van der Waals surface area contributed by atoms with E-state index < -0.39 is 23.8 Å². The second kappa shape index (κ2) is 8.82. The molecule has 8 heteroatoms. The third kappa shape index (κ3) is 5.66. The summed E-state index contributed by atoms with van der Waals surface area (Å²) in [5.74, 6) is -0.0870. The van der Waals surface area contributed by atoms with E-state index in [0.717, 1.165) is 23.9 Å². The molecule has 142 valence electrons. The van der Waals surface area contributed by atoms with Crippen LogP contribution >= 0.6 is 11.8 Å². The molecule has 0 aromatic heterocycles. The second-order valence-corrected chi connectivity index (χ2v) is 6.52. The van der Waals surface area contributed by atoms with Crippen molar-refractivity contribution in [2.45, 2.75) is 35.9 Å². The van der Waals surface area contributed by atoms with Gasteiger partial charge in [0.05, 0.1) is 17.7 Å². The van der Waals surface area contributed by atoms with E-state index in [-0.39, 0.29) is 12.2 Å². The van der Waals surface area contributed by atoms with Crippen molar-refractivity contribution >= 4 is 17.7 Å². The minimum absolute atomic E-state index is 0.0685. The Balaban J connectivity index is 2.19. The van der Waals surface area contributed by atoms with Crippen LogP contribution in [0.25, 0.3) is 0 Å². The smallest absolute Gasteiger partial charge is 0.416 e. The Kier molecular flexibility index (Phi) is 6.75. The number of nitrogens with zero attached hydrogens (tertiary/aromatic N) is 1. The minimum Gasteiger partial charge on any atom is -0.479 e. The first-order valence-corrected chi connectivity index (χ1v) is 8.78. The molecular formula is C19H16F3NO3S. The van der Waals surface area contributed by atoms with Crippen LogP contribution in [0.3, 0.4) is 0 Å². The van der Waals surface area contributed by atoms with Gasteiger partial charge >= 0.3 is 12.1 Å². The number of carbonyl (C=O) groups excluding carboxylic acids is 1. The van der Waals surface area contributed by atoms with Gasteiger partial charge < -0.3 is 9.47 Å². The second-order valence-electron chi connectivity index (χ2n) is 5.41. The molecule has 4 nitrogen and oxygen atoms in total. The maximum atomic E-state index is 12.8. The molecule has 0 saturated carbocycles. The Hall–Kier alpha value is -2.66. The van der Waals surface area contributed by atoms with E-state index in [4.69, 9.17) is 14.7 Å². The minimum atomic E-state index is -4.51. The molecule has 27 heavy (non-hydrogen) atoms. The molecular weight excluding hydrogens is 379 g/mol. The number of ether oxygens (including phenoxy) is 2. The summed E-state index contributed by atoms with van der Waals surface area (Å²) in [5, 5.41) is 9.17. The van der Waals surface area contributed by atoms with Crippen molar-refractivity contribution in [1.82, 2.24) is 0 Å². The SMILES string of the molecule is CCOC(=O)C(C)Oc1cccc(Sc2ccc(C(F)(F)F)cc2C#N)c1. The van der Waals surface area contributed by atoms with Crippen LogP contribution in [0.1, 0.15) is 25.0 Å². The highest BCUT2D eigenvalue weighted by Crippen LogP contribution is 2.36. The van der Waals surface area contributed by atoms with Crippen molar-refractivity contribution in [2.75, 3.05) is 6.61 Å². The van der Waals surface area contributed by atoms with E-state index in [0.29, 0.717) is 15.5 Å². The van der Waals surface area contributed by atoms with Gasteiger partial charge in [0.15, 0.2) is 6.10 Å². The summed E-state index contributed by atoms with van der Waals surface area (Å²) in [6.07, 6.45) is -5.31. The Morgan fingerprint density at radius 2 is 2.00 bits per heavy atom. The lowest BCUT2D eigenvalue weighted by Gasteiger charge is -2.14. The van der Waals surface area contributed by atoms with Crippen LogP contribution in [-0.4, -0.2) is 18.7 Å². The number of carbonyl (C=O) groups is 1. The van der Waals surface area contributed by atoms with E-state index in [2.05, 4.69) is 0 Å². The van der Waals surface area contributed by atoms with E-state index >= 15 is 0 Å². The summed E-state index contributed by atoms with van der Waals surface area (Å²) < 4.78 is 48.8. The summed E-state index contributed by atoms with van der Waals surface area (Å²) in [4.78, 5) is 12.7. The molecule has 2 rings (SSSR count). The molecule has 0 spiro atoms. The maximum Gasteiger partial charge on any atom is 0.416 e. The van der Waals surface area contributed by atoms with Gasteiger partial charge in [-0.2, -0.15) is 18.4 Å². The third-order valence-electron chi connectivity index (χ3n) is 3.39. The number of rotatable bonds is 6. The van der Waals surface area contributed by atoms with E-state index in [1.54, 1.807) is 44.2 Å². The number of halogens is 3. The number of benzene rings is 2. The quantitative estimate of drug-likeness (QED) is 0.640. The molecule has 0 heterocycles. The number of nitriles is 1. The van der Waals surface area contributed by atoms with Crippen molar-refractivity contribution in [3.05, 3.63) is 53.6 Å². The van der Waals surface area contributed by atoms with Gasteiger partial charge in [-0.15, -0.1) is 0 Å². The molecule has 0 radical (unpaired) electrons. The van der Waals surface area contributed by atoms with Gasteiger partial charge in [-0.05, 0) is 50.2 Å². The van der Waals surface area contributed by atoms with Crippen LogP contribution in [0.2, 0.25) is 0 Å². The highest BCUT2D eigenvalue weighted by atomic mass is 32.2. The molecule has 0 aliphatic heterocycles. The molecule has 0 fully saturated rings. The Labute approximate surface area is 158 Å². The predicted octanol–water partition coefficient (Wildman–Crippen LogP) is 5.06. The monoisotopic (exact) mass is 395 g/mol. The summed E-state index contributed by atoms with van der Waals surface area (Å²) in [6, 6.07) is 11.5. The summed E-state index contributed by atoms with van der Waals surface area (Å²) in [5.41, 5.74) is -0.940. The van der Waals surface area contributed by atoms with Crippen LogP contribution in [0, 0.1) is 11.3 Å². The first-order chi connectivity index (χ1) is 12.7. The summed E-state index contributed by atoms with van der Waals surface area (Å²) >= 11 is 1.13. The van der Waals surface area contributed by atoms with Crippen molar-refractivity contribution in [1.29, 1.82) is 5.26 Å². The van der Waals surface area contributed by atoms with E-state index in [9.17, 15) is 18.0 Å². The average Bonchev–Trinajstić information content (AvgIpc) is 2.61. The highest BCUT2D eigenvalue weighted by molar-refractivity contribution is 7.99. The van der Waals surface area contributed by atoms with Gasteiger partial charge in [0.25, 0.3) is 0 Å². The summed E-state index contributed by atoms with van der Waals surface area (Å²) in [6.45, 7) is 3.49. The van der Waals surface area contributed by atoms with Crippen LogP contribution < -0.4 is 4.74 Å². The molecule has 0 aliphatic carbocycles. The topological polar surface area (TPSA) is 59.3 Å². The molecule has 0 aliphatic rings. The molecule has 1 atom stereocenters. The number of hydrogen-bond acceptors (Lipinski definition) is 5. The van der Waals surface area contributed by atoms with Gasteiger partial charge in [0.1, 0.15) is 11.8 Å². The zero-order chi connectivity index (χ0) is 20.0. The molecule has 0 amide bonds. The first kappa shape index (κ1) is 20.6. The molecule has 2 aromatic carbocycles. The molecule has 0 N–H and O–H groups in total. The van der Waals surface area contributed by atoms with Gasteiger partial charge in [-0.3, -0.25) is 0 Å². The number of hydrogen-bond donors (Lipinski definition) is 0. The predicted molar refractivity (Wildman–Crippen MR) is 93.4 cm³/mol. The van der Waals surface area contributed by atoms with Crippen molar-refractivity contribution in [2.24, 2.45) is 0 Å². The van der Waals surface area contributed by atoms with Crippen molar-refractivity contribution in [3.8, 4) is 11.8 Å². The molecule has 0 bridgehead atoms. The lowest BCUT2D eigenvalue weighted by atomic mass is 10.1. The van der Waals surface area contributed by atoms with Crippen LogP contribution in [0.4, 0.5) is 13.2 Å². The largest absolute Gasteiger partial charge is 0.479 e. The van der Waals surface area contributed by atoms with Gasteiger partial charge in [-0.1, -0.05) is 17.8 Å². The van der Waals surface area contributed by atoms with Crippen LogP contribution in [0.5, 0.6) is 5.75 Å². The van der Waals surface area contributed by atoms with Gasteiger partial charge in [0.2, 0.25) is 0 Å². The molecule has 1 unspecified atom stereocenters. The average molecular weight is 395 g/mol. The lowest BCUT2D eigenvalue weighted by molar-refractivity contribution is -0.150. The first-order valence-electron chi connectivity index (χ1n) is 7.97. The van der Waals surface area contributed by atoms with E-state index in [1.165, 1.54) is 6.07 Å². The highest BCUT2D eigenvalue weighted by Gasteiger charge is 2.31. The third-order valence-corrected chi connectivity index (χ3v) is 4.46. The Morgan fingerprint density at radius 1 is 1.26 bits per heavy atom.